The molecule has 0 saturated heterocycles. The van der Waals surface area contributed by atoms with Crippen molar-refractivity contribution in [1.82, 2.24) is 0 Å². The van der Waals surface area contributed by atoms with E-state index in [0.717, 1.165) is 11.1 Å². The topological polar surface area (TPSA) is 40.5 Å². The van der Waals surface area contributed by atoms with Crippen LogP contribution in [0.2, 0.25) is 0 Å². The van der Waals surface area contributed by atoms with Gasteiger partial charge in [-0.25, -0.2) is 0 Å². The second-order valence-electron chi connectivity index (χ2n) is 3.63. The first-order valence-corrected chi connectivity index (χ1v) is 5.13. The van der Waals surface area contributed by atoms with Crippen LogP contribution in [-0.2, 0) is 0 Å². The summed E-state index contributed by atoms with van der Waals surface area (Å²) < 4.78 is 0. The molecule has 0 unspecified atom stereocenters. The Morgan fingerprint density at radius 1 is 1.14 bits per heavy atom. The van der Waals surface area contributed by atoms with Crippen molar-refractivity contribution in [3.63, 3.8) is 0 Å². The molecule has 0 fully saturated rings. The normalized spacial score (nSPS) is 18.1. The van der Waals surface area contributed by atoms with Gasteiger partial charge in [-0.3, -0.25) is 0 Å². The molecule has 0 atom stereocenters. The highest BCUT2D eigenvalue weighted by molar-refractivity contribution is 5.29. The summed E-state index contributed by atoms with van der Waals surface area (Å²) in [5, 5.41) is 19.2. The largest absolute Gasteiger partial charge is 0.396 e. The lowest BCUT2D eigenvalue weighted by Gasteiger charge is -2.30. The maximum absolute atomic E-state index is 10.4. The molecule has 0 aromatic rings. The Morgan fingerprint density at radius 2 is 1.57 bits per heavy atom. The fraction of sp³-hybridized carbons (Fsp3) is 0.667. The Morgan fingerprint density at radius 3 is 1.86 bits per heavy atom. The maximum Gasteiger partial charge on any atom is 0.106 e. The van der Waals surface area contributed by atoms with E-state index in [1.165, 1.54) is 0 Å². The standard InChI is InChI=1S/C12H22O2/c1-5-10(3)12(14,8-7-9-13)11(4)6-2/h5-6,13-14H,7-9H2,1-4H3/b10-5+,11-6+. The van der Waals surface area contributed by atoms with Gasteiger partial charge in [0.25, 0.3) is 0 Å². The van der Waals surface area contributed by atoms with Crippen molar-refractivity contribution in [3.8, 4) is 0 Å². The van der Waals surface area contributed by atoms with E-state index >= 15 is 0 Å². The van der Waals surface area contributed by atoms with Gasteiger partial charge in [0.2, 0.25) is 0 Å². The summed E-state index contributed by atoms with van der Waals surface area (Å²) in [6.07, 6.45) is 5.04. The molecule has 0 aliphatic heterocycles. The fourth-order valence-corrected chi connectivity index (χ4v) is 1.52. The molecule has 0 aromatic heterocycles. The Bertz CT molecular complexity index is 208. The zero-order chi connectivity index (χ0) is 11.2. The molecule has 0 radical (unpaired) electrons. The van der Waals surface area contributed by atoms with Gasteiger partial charge < -0.3 is 10.2 Å². The Hall–Kier alpha value is -0.600. The predicted octanol–water partition coefficient (Wildman–Crippen LogP) is 2.42. The number of hydrogen-bond acceptors (Lipinski definition) is 2. The fourth-order valence-electron chi connectivity index (χ4n) is 1.52. The molecule has 14 heavy (non-hydrogen) atoms. The van der Waals surface area contributed by atoms with Crippen LogP contribution in [0.25, 0.3) is 0 Å². The van der Waals surface area contributed by atoms with Gasteiger partial charge in [0.1, 0.15) is 5.60 Å². The zero-order valence-corrected chi connectivity index (χ0v) is 9.67. The van der Waals surface area contributed by atoms with E-state index < -0.39 is 5.60 Å². The molecule has 0 saturated carbocycles. The third kappa shape index (κ3) is 2.96. The highest BCUT2D eigenvalue weighted by atomic mass is 16.3. The van der Waals surface area contributed by atoms with E-state index in [1.807, 2.05) is 39.8 Å². The van der Waals surface area contributed by atoms with Crippen molar-refractivity contribution in [2.24, 2.45) is 0 Å². The van der Waals surface area contributed by atoms with Crippen molar-refractivity contribution in [3.05, 3.63) is 23.3 Å². The summed E-state index contributed by atoms with van der Waals surface area (Å²) in [5.74, 6) is 0. The van der Waals surface area contributed by atoms with Gasteiger partial charge in [0, 0.05) is 6.61 Å². The van der Waals surface area contributed by atoms with Crippen molar-refractivity contribution >= 4 is 0 Å². The van der Waals surface area contributed by atoms with E-state index in [1.54, 1.807) is 0 Å². The summed E-state index contributed by atoms with van der Waals surface area (Å²) in [7, 11) is 0. The van der Waals surface area contributed by atoms with Crippen molar-refractivity contribution < 1.29 is 10.2 Å². The lowest BCUT2D eigenvalue weighted by Crippen LogP contribution is -2.32. The Balaban J connectivity index is 4.85. The summed E-state index contributed by atoms with van der Waals surface area (Å²) in [5.41, 5.74) is 1.02. The molecule has 0 spiro atoms. The van der Waals surface area contributed by atoms with Crippen LogP contribution in [-0.4, -0.2) is 22.4 Å². The third-order valence-corrected chi connectivity index (χ3v) is 2.87. The molecular weight excluding hydrogens is 176 g/mol. The molecule has 0 rings (SSSR count). The van der Waals surface area contributed by atoms with Crippen LogP contribution >= 0.6 is 0 Å². The Kier molecular flexibility index (Phi) is 5.73. The minimum Gasteiger partial charge on any atom is -0.396 e. The van der Waals surface area contributed by atoms with E-state index in [2.05, 4.69) is 0 Å². The van der Waals surface area contributed by atoms with Crippen LogP contribution in [0, 0.1) is 0 Å². The number of aliphatic hydroxyl groups excluding tert-OH is 1. The lowest BCUT2D eigenvalue weighted by atomic mass is 9.83. The molecule has 0 heterocycles. The van der Waals surface area contributed by atoms with Gasteiger partial charge >= 0.3 is 0 Å². The first-order valence-electron chi connectivity index (χ1n) is 5.13. The molecule has 0 bridgehead atoms. The van der Waals surface area contributed by atoms with Crippen LogP contribution in [0.4, 0.5) is 0 Å². The quantitative estimate of drug-likeness (QED) is 0.666. The Labute approximate surface area is 87.0 Å². The van der Waals surface area contributed by atoms with Crippen LogP contribution in [0.15, 0.2) is 23.3 Å². The molecule has 0 aliphatic carbocycles. The maximum atomic E-state index is 10.4. The molecule has 0 aromatic carbocycles. The summed E-state index contributed by atoms with van der Waals surface area (Å²) in [6, 6.07) is 0. The smallest absolute Gasteiger partial charge is 0.106 e. The van der Waals surface area contributed by atoms with Gasteiger partial charge in [-0.15, -0.1) is 0 Å². The molecule has 2 nitrogen and oxygen atoms in total. The van der Waals surface area contributed by atoms with E-state index in [4.69, 9.17) is 5.11 Å². The highest BCUT2D eigenvalue weighted by Crippen LogP contribution is 2.30. The van der Waals surface area contributed by atoms with Gasteiger partial charge in [0.05, 0.1) is 0 Å². The number of rotatable bonds is 5. The number of hydrogen-bond donors (Lipinski definition) is 2. The van der Waals surface area contributed by atoms with Crippen molar-refractivity contribution in [2.75, 3.05) is 6.61 Å². The second-order valence-corrected chi connectivity index (χ2v) is 3.63. The summed E-state index contributed by atoms with van der Waals surface area (Å²) >= 11 is 0. The minimum atomic E-state index is -0.869. The predicted molar refractivity (Wildman–Crippen MR) is 60.1 cm³/mol. The molecule has 2 N–H and O–H groups in total. The molecule has 2 heteroatoms. The lowest BCUT2D eigenvalue weighted by molar-refractivity contribution is 0.0962. The van der Waals surface area contributed by atoms with Crippen LogP contribution in [0.1, 0.15) is 40.5 Å². The molecule has 82 valence electrons. The number of allylic oxidation sites excluding steroid dienone is 2. The summed E-state index contributed by atoms with van der Waals surface area (Å²) in [6.45, 7) is 7.80. The van der Waals surface area contributed by atoms with Crippen molar-refractivity contribution in [2.45, 2.75) is 46.1 Å². The molecular formula is C12H22O2. The SMILES string of the molecule is C/C=C(\C)C(O)(CCCO)/C(C)=C/C. The van der Waals surface area contributed by atoms with Crippen LogP contribution in [0.3, 0.4) is 0 Å². The first kappa shape index (κ1) is 13.4. The zero-order valence-electron chi connectivity index (χ0n) is 9.67. The van der Waals surface area contributed by atoms with Gasteiger partial charge in [0.15, 0.2) is 0 Å². The van der Waals surface area contributed by atoms with Crippen LogP contribution in [0.5, 0.6) is 0 Å². The van der Waals surface area contributed by atoms with Crippen LogP contribution < -0.4 is 0 Å². The minimum absolute atomic E-state index is 0.121. The average Bonchev–Trinajstić information content (AvgIpc) is 2.23. The highest BCUT2D eigenvalue weighted by Gasteiger charge is 2.29. The number of aliphatic hydroxyl groups is 2. The van der Waals surface area contributed by atoms with Crippen molar-refractivity contribution in [1.29, 1.82) is 0 Å². The second kappa shape index (κ2) is 5.99. The third-order valence-electron chi connectivity index (χ3n) is 2.87. The molecule has 0 amide bonds. The van der Waals surface area contributed by atoms with E-state index in [0.29, 0.717) is 12.8 Å². The van der Waals surface area contributed by atoms with E-state index in [-0.39, 0.29) is 6.61 Å². The average molecular weight is 198 g/mol. The van der Waals surface area contributed by atoms with Gasteiger partial charge in [-0.1, -0.05) is 12.2 Å². The van der Waals surface area contributed by atoms with E-state index in [9.17, 15) is 5.11 Å². The van der Waals surface area contributed by atoms with Gasteiger partial charge in [-0.2, -0.15) is 0 Å². The first-order chi connectivity index (χ1) is 6.52. The van der Waals surface area contributed by atoms with Gasteiger partial charge in [-0.05, 0) is 51.7 Å². The molecule has 0 aliphatic rings. The monoisotopic (exact) mass is 198 g/mol. The summed E-state index contributed by atoms with van der Waals surface area (Å²) in [4.78, 5) is 0.